The van der Waals surface area contributed by atoms with E-state index in [0.717, 1.165) is 34.2 Å². The minimum Gasteiger partial charge on any atom is -0.487 e. The van der Waals surface area contributed by atoms with Crippen molar-refractivity contribution >= 4 is 60.6 Å². The first-order valence-corrected chi connectivity index (χ1v) is 12.4. The first kappa shape index (κ1) is 22.3. The highest BCUT2D eigenvalue weighted by Crippen LogP contribution is 2.31. The van der Waals surface area contributed by atoms with Gasteiger partial charge >= 0.3 is 0 Å². The van der Waals surface area contributed by atoms with Crippen LogP contribution < -0.4 is 4.74 Å². The number of hydrogen-bond acceptors (Lipinski definition) is 7. The molecular weight excluding hydrogens is 472 g/mol. The summed E-state index contributed by atoms with van der Waals surface area (Å²) in [6.07, 6.45) is 2.46. The lowest BCUT2D eigenvalue weighted by molar-refractivity contribution is -0.114. The zero-order valence-corrected chi connectivity index (χ0v) is 19.4. The molecule has 0 radical (unpaired) electrons. The monoisotopic (exact) mass is 488 g/mol. The van der Waals surface area contributed by atoms with Crippen LogP contribution in [0.15, 0.2) is 58.1 Å². The first-order chi connectivity index (χ1) is 15.1. The normalized spacial score (nSPS) is 17.3. The van der Waals surface area contributed by atoms with Crippen molar-refractivity contribution in [2.24, 2.45) is 10.1 Å². The van der Waals surface area contributed by atoms with Gasteiger partial charge in [-0.1, -0.05) is 47.5 Å². The smallest absolute Gasteiger partial charge is 0.283 e. The Morgan fingerprint density at radius 1 is 1.22 bits per heavy atom. The highest BCUT2D eigenvalue weighted by Gasteiger charge is 2.38. The average Bonchev–Trinajstić information content (AvgIpc) is 3.16. The zero-order chi connectivity index (χ0) is 23.0. The molecule has 0 bridgehead atoms. The molecule has 0 saturated carbocycles. The summed E-state index contributed by atoms with van der Waals surface area (Å²) in [6, 6.07) is 13.0. The van der Waals surface area contributed by atoms with E-state index in [2.05, 4.69) is 10.1 Å². The van der Waals surface area contributed by atoms with Gasteiger partial charge in [0.2, 0.25) is 19.4 Å². The maximum atomic E-state index is 12.4. The quantitative estimate of drug-likeness (QED) is 0.654. The van der Waals surface area contributed by atoms with E-state index >= 15 is 0 Å². The number of nitrogens with one attached hydrogen (secondary N) is 1. The van der Waals surface area contributed by atoms with Crippen molar-refractivity contribution in [3.8, 4) is 5.75 Å². The van der Waals surface area contributed by atoms with Crippen LogP contribution in [0.4, 0.5) is 0 Å². The lowest BCUT2D eigenvalue weighted by Gasteiger charge is -2.20. The lowest BCUT2D eigenvalue weighted by atomic mass is 10.1. The molecule has 0 aliphatic carbocycles. The fourth-order valence-electron chi connectivity index (χ4n) is 2.86. The van der Waals surface area contributed by atoms with Crippen molar-refractivity contribution in [2.45, 2.75) is 13.5 Å². The number of aliphatic imine (C=N–C) groups is 1. The van der Waals surface area contributed by atoms with Gasteiger partial charge in [0, 0.05) is 6.26 Å². The Kier molecular flexibility index (Phi) is 5.93. The van der Waals surface area contributed by atoms with E-state index in [1.807, 2.05) is 31.2 Å². The molecule has 0 aromatic heterocycles. The number of fused-ring (bicyclic) bond motifs is 1. The highest BCUT2D eigenvalue weighted by molar-refractivity contribution is 8.42. The topological polar surface area (TPSA) is 112 Å². The largest absolute Gasteiger partial charge is 0.487 e. The summed E-state index contributed by atoms with van der Waals surface area (Å²) in [5, 5.41) is 13.6. The van der Waals surface area contributed by atoms with Gasteiger partial charge in [-0.3, -0.25) is 10.2 Å². The van der Waals surface area contributed by atoms with Crippen molar-refractivity contribution in [3.63, 3.8) is 0 Å². The van der Waals surface area contributed by atoms with E-state index in [-0.39, 0.29) is 21.0 Å². The molecule has 2 aliphatic rings. The number of sulfone groups is 1. The number of halogens is 1. The molecule has 0 unspecified atom stereocenters. The summed E-state index contributed by atoms with van der Waals surface area (Å²) in [5.74, 6) is -0.436. The number of amidine groups is 2. The zero-order valence-electron chi connectivity index (χ0n) is 17.0. The third kappa shape index (κ3) is 4.62. The van der Waals surface area contributed by atoms with Crippen molar-refractivity contribution in [2.75, 3.05) is 6.26 Å². The number of amides is 1. The third-order valence-corrected chi connectivity index (χ3v) is 7.41. The molecule has 32 heavy (non-hydrogen) atoms. The first-order valence-electron chi connectivity index (χ1n) is 9.30. The summed E-state index contributed by atoms with van der Waals surface area (Å²) in [5.41, 5.74) is 2.69. The molecule has 2 aromatic carbocycles. The van der Waals surface area contributed by atoms with Gasteiger partial charge in [0.05, 0.1) is 10.6 Å². The molecule has 2 heterocycles. The predicted octanol–water partition coefficient (Wildman–Crippen LogP) is 3.85. The summed E-state index contributed by atoms with van der Waals surface area (Å²) >= 11 is 7.08. The van der Waals surface area contributed by atoms with E-state index in [9.17, 15) is 13.2 Å². The van der Waals surface area contributed by atoms with Gasteiger partial charge in [0.1, 0.15) is 12.4 Å². The SMILES string of the molecule is Cc1ccc(COc2ccc(/C=C3/C(=N)N4N=C(S(C)(=O)=O)SC4=NC3=O)cc2Cl)cc1. The summed E-state index contributed by atoms with van der Waals surface area (Å²) in [7, 11) is -3.58. The third-order valence-electron chi connectivity index (χ3n) is 4.54. The van der Waals surface area contributed by atoms with Crippen LogP contribution in [0.5, 0.6) is 5.75 Å². The number of hydrazone groups is 1. The van der Waals surface area contributed by atoms with Crippen molar-refractivity contribution in [1.82, 2.24) is 5.01 Å². The maximum Gasteiger partial charge on any atom is 0.283 e. The lowest BCUT2D eigenvalue weighted by Crippen LogP contribution is -2.35. The van der Waals surface area contributed by atoms with Crippen LogP contribution in [0, 0.1) is 12.3 Å². The Balaban J connectivity index is 1.54. The molecule has 0 fully saturated rings. The number of nitrogens with zero attached hydrogens (tertiary/aromatic N) is 3. The minimum atomic E-state index is -3.58. The summed E-state index contributed by atoms with van der Waals surface area (Å²) < 4.78 is 29.0. The second kappa shape index (κ2) is 8.53. The van der Waals surface area contributed by atoms with Crippen molar-refractivity contribution in [1.29, 1.82) is 5.41 Å². The van der Waals surface area contributed by atoms with Crippen molar-refractivity contribution < 1.29 is 17.9 Å². The molecule has 1 N–H and O–H groups in total. The van der Waals surface area contributed by atoms with Gasteiger partial charge < -0.3 is 4.74 Å². The van der Waals surface area contributed by atoms with Crippen LogP contribution in [0.3, 0.4) is 0 Å². The van der Waals surface area contributed by atoms with Crippen LogP contribution in [0.1, 0.15) is 16.7 Å². The van der Waals surface area contributed by atoms with Gasteiger partial charge in [0.25, 0.3) is 5.91 Å². The van der Waals surface area contributed by atoms with E-state index in [1.54, 1.807) is 18.2 Å². The molecule has 8 nitrogen and oxygen atoms in total. The van der Waals surface area contributed by atoms with Crippen LogP contribution in [-0.4, -0.2) is 41.0 Å². The molecule has 164 valence electrons. The van der Waals surface area contributed by atoms with E-state index < -0.39 is 15.7 Å². The minimum absolute atomic E-state index is 0.0303. The number of ether oxygens (including phenoxy) is 1. The average molecular weight is 489 g/mol. The van der Waals surface area contributed by atoms with Gasteiger partial charge in [-0.25, -0.2) is 8.42 Å². The standard InChI is InChI=1S/C21H17ClN4O4S2/c1-12-3-5-13(6-4-12)11-30-17-8-7-14(10-16(17)22)9-15-18(23)26-20(24-19(15)27)31-21(25-26)32(2,28)29/h3-10,23H,11H2,1-2H3/b15-9-,23-18?. The number of rotatable bonds is 4. The molecule has 2 aromatic rings. The maximum absolute atomic E-state index is 12.4. The number of benzene rings is 2. The molecule has 0 saturated heterocycles. The molecular formula is C21H17ClN4O4S2. The van der Waals surface area contributed by atoms with Crippen LogP contribution >= 0.6 is 23.4 Å². The number of hydrogen-bond donors (Lipinski definition) is 1. The summed E-state index contributed by atoms with van der Waals surface area (Å²) in [4.78, 5) is 16.3. The molecule has 11 heteroatoms. The number of aryl methyl sites for hydroxylation is 1. The summed E-state index contributed by atoms with van der Waals surface area (Å²) in [6.45, 7) is 2.37. The molecule has 0 atom stereocenters. The van der Waals surface area contributed by atoms with Crippen LogP contribution in [-0.2, 0) is 21.2 Å². The fraction of sp³-hybridized carbons (Fsp3) is 0.143. The number of thioether (sulfide) groups is 1. The van der Waals surface area contributed by atoms with E-state index in [4.69, 9.17) is 21.7 Å². The Bertz CT molecular complexity index is 1330. The van der Waals surface area contributed by atoms with Crippen LogP contribution in [0.2, 0.25) is 5.02 Å². The second-order valence-corrected chi connectivity index (χ2v) is 10.7. The van der Waals surface area contributed by atoms with Gasteiger partial charge in [-0.2, -0.15) is 10.0 Å². The molecule has 2 aliphatic heterocycles. The van der Waals surface area contributed by atoms with Crippen LogP contribution in [0.25, 0.3) is 6.08 Å². The molecule has 1 amide bonds. The molecule has 4 rings (SSSR count). The number of carbonyl (C=O) groups excluding carboxylic acids is 1. The Morgan fingerprint density at radius 2 is 1.94 bits per heavy atom. The van der Waals surface area contributed by atoms with E-state index in [1.165, 1.54) is 6.08 Å². The second-order valence-electron chi connectivity index (χ2n) is 7.12. The van der Waals surface area contributed by atoms with Crippen molar-refractivity contribution in [3.05, 3.63) is 69.8 Å². The van der Waals surface area contributed by atoms with E-state index in [0.29, 0.717) is 22.9 Å². The fourth-order valence-corrected chi connectivity index (χ4v) is 4.79. The highest BCUT2D eigenvalue weighted by atomic mass is 35.5. The predicted molar refractivity (Wildman–Crippen MR) is 127 cm³/mol. The Morgan fingerprint density at radius 3 is 2.59 bits per heavy atom. The molecule has 0 spiro atoms. The Hall–Kier alpha value is -2.95. The van der Waals surface area contributed by atoms with Gasteiger partial charge in [-0.15, -0.1) is 5.10 Å². The number of carbonyl (C=O) groups is 1. The van der Waals surface area contributed by atoms with Gasteiger partial charge in [-0.05, 0) is 48.0 Å². The van der Waals surface area contributed by atoms with Gasteiger partial charge in [0.15, 0.2) is 5.84 Å². The Labute approximate surface area is 194 Å².